The van der Waals surface area contributed by atoms with Gasteiger partial charge < -0.3 is 25.0 Å². The molecule has 9 heteroatoms. The van der Waals surface area contributed by atoms with Crippen molar-refractivity contribution in [2.45, 2.75) is 57.8 Å². The van der Waals surface area contributed by atoms with E-state index >= 15 is 0 Å². The molecule has 1 atom stereocenters. The van der Waals surface area contributed by atoms with E-state index in [-0.39, 0.29) is 35.5 Å². The highest BCUT2D eigenvalue weighted by molar-refractivity contribution is 6.10. The van der Waals surface area contributed by atoms with Crippen LogP contribution in [-0.4, -0.2) is 40.7 Å². The van der Waals surface area contributed by atoms with Gasteiger partial charge in [-0.25, -0.2) is 0 Å². The Bertz CT molecular complexity index is 1500. The van der Waals surface area contributed by atoms with Gasteiger partial charge in [0, 0.05) is 41.2 Å². The molecule has 3 aromatic rings. The third-order valence-electron chi connectivity index (χ3n) is 8.04. The van der Waals surface area contributed by atoms with Crippen molar-refractivity contribution in [1.29, 1.82) is 5.41 Å². The number of ether oxygens (including phenoxy) is 2. The number of carbonyl (C=O) groups is 2. The van der Waals surface area contributed by atoms with Gasteiger partial charge in [-0.1, -0.05) is 12.1 Å². The first-order valence-corrected chi connectivity index (χ1v) is 13.3. The molecule has 2 aromatic carbocycles. The topological polar surface area (TPSA) is 122 Å². The van der Waals surface area contributed by atoms with Crippen molar-refractivity contribution in [2.75, 3.05) is 12.0 Å². The van der Waals surface area contributed by atoms with Gasteiger partial charge in [-0.15, -0.1) is 0 Å². The van der Waals surface area contributed by atoms with Gasteiger partial charge in [0.1, 0.15) is 11.5 Å². The molecule has 1 aliphatic carbocycles. The van der Waals surface area contributed by atoms with E-state index in [1.165, 1.54) is 12.8 Å². The third-order valence-corrected chi connectivity index (χ3v) is 8.04. The fourth-order valence-electron chi connectivity index (χ4n) is 5.76. The molecule has 2 amide bonds. The summed E-state index contributed by atoms with van der Waals surface area (Å²) in [5.41, 5.74) is 10.4. The number of benzene rings is 2. The molecule has 9 nitrogen and oxygen atoms in total. The number of rotatable bonds is 7. The molecule has 1 aromatic heterocycles. The average molecular weight is 526 g/mol. The second-order valence-electron chi connectivity index (χ2n) is 10.4. The lowest BCUT2D eigenvalue weighted by Crippen LogP contribution is -2.27. The molecule has 1 unspecified atom stereocenters. The summed E-state index contributed by atoms with van der Waals surface area (Å²) < 4.78 is 11.8. The zero-order valence-corrected chi connectivity index (χ0v) is 22.1. The van der Waals surface area contributed by atoms with E-state index in [4.69, 9.17) is 20.6 Å². The molecule has 0 bridgehead atoms. The molecular weight excluding hydrogens is 494 g/mol. The van der Waals surface area contributed by atoms with Crippen molar-refractivity contribution in [3.63, 3.8) is 0 Å². The number of amides is 2. The Hall–Kier alpha value is -4.40. The molecule has 3 heterocycles. The van der Waals surface area contributed by atoms with Gasteiger partial charge in [0.2, 0.25) is 0 Å². The minimum absolute atomic E-state index is 0.0811. The lowest BCUT2D eigenvalue weighted by atomic mass is 10.0. The Morgan fingerprint density at radius 3 is 2.51 bits per heavy atom. The minimum atomic E-state index is -0.259. The van der Waals surface area contributed by atoms with Crippen LogP contribution < -0.4 is 20.1 Å². The molecule has 39 heavy (non-hydrogen) atoms. The molecule has 0 saturated heterocycles. The summed E-state index contributed by atoms with van der Waals surface area (Å²) in [6.07, 6.45) is 6.18. The van der Waals surface area contributed by atoms with Crippen molar-refractivity contribution < 1.29 is 19.1 Å². The monoisotopic (exact) mass is 525 g/mol. The molecule has 3 aliphatic rings. The van der Waals surface area contributed by atoms with Gasteiger partial charge in [-0.3, -0.25) is 20.0 Å². The molecule has 2 aliphatic heterocycles. The summed E-state index contributed by atoms with van der Waals surface area (Å²) in [5.74, 6) is 0.932. The minimum Gasteiger partial charge on any atom is -0.493 e. The molecule has 1 saturated carbocycles. The van der Waals surface area contributed by atoms with E-state index < -0.39 is 0 Å². The zero-order valence-electron chi connectivity index (χ0n) is 22.1. The van der Waals surface area contributed by atoms with Gasteiger partial charge in [0.05, 0.1) is 25.8 Å². The van der Waals surface area contributed by atoms with Crippen molar-refractivity contribution in [2.24, 2.45) is 5.73 Å². The normalized spacial score (nSPS) is 17.4. The number of hydrogen-bond acceptors (Lipinski definition) is 6. The number of carbonyl (C=O) groups excluding carboxylic acids is 2. The van der Waals surface area contributed by atoms with Crippen LogP contribution in [0.1, 0.15) is 81.7 Å². The third kappa shape index (κ3) is 4.37. The maximum atomic E-state index is 13.6. The van der Waals surface area contributed by atoms with Crippen molar-refractivity contribution >= 4 is 23.3 Å². The van der Waals surface area contributed by atoms with Gasteiger partial charge in [0.25, 0.3) is 11.8 Å². The number of fused-ring (bicyclic) bond motifs is 2. The Morgan fingerprint density at radius 2 is 1.77 bits per heavy atom. The van der Waals surface area contributed by atoms with Crippen LogP contribution in [0.4, 0.5) is 5.69 Å². The van der Waals surface area contributed by atoms with E-state index in [2.05, 4.69) is 4.98 Å². The number of nitrogens with one attached hydrogen (secondary N) is 1. The summed E-state index contributed by atoms with van der Waals surface area (Å²) >= 11 is 0. The lowest BCUT2D eigenvalue weighted by Gasteiger charge is -2.25. The highest BCUT2D eigenvalue weighted by Crippen LogP contribution is 2.39. The van der Waals surface area contributed by atoms with Crippen LogP contribution >= 0.6 is 0 Å². The quantitative estimate of drug-likeness (QED) is 0.344. The first-order valence-electron chi connectivity index (χ1n) is 13.3. The van der Waals surface area contributed by atoms with Gasteiger partial charge in [-0.2, -0.15) is 0 Å². The first kappa shape index (κ1) is 24.9. The van der Waals surface area contributed by atoms with E-state index in [1.54, 1.807) is 29.2 Å². The fourth-order valence-corrected chi connectivity index (χ4v) is 5.76. The van der Waals surface area contributed by atoms with Crippen molar-refractivity contribution in [3.8, 4) is 11.5 Å². The Labute approximate surface area is 227 Å². The number of pyridine rings is 1. The Balaban J connectivity index is 1.23. The fraction of sp³-hybridized carbons (Fsp3) is 0.333. The first-order chi connectivity index (χ1) is 18.8. The van der Waals surface area contributed by atoms with Crippen LogP contribution in [0.5, 0.6) is 11.5 Å². The van der Waals surface area contributed by atoms with Gasteiger partial charge in [-0.05, 0) is 68.0 Å². The maximum Gasteiger partial charge on any atom is 0.258 e. The van der Waals surface area contributed by atoms with Crippen LogP contribution in [0.15, 0.2) is 48.7 Å². The number of nitrogen functional groups attached to an aromatic ring is 1. The number of anilines is 1. The number of methoxy groups -OCH3 is 1. The molecule has 3 N–H and O–H groups in total. The Morgan fingerprint density at radius 1 is 1.00 bits per heavy atom. The highest BCUT2D eigenvalue weighted by Gasteiger charge is 2.34. The van der Waals surface area contributed by atoms with Crippen LogP contribution in [-0.2, 0) is 13.1 Å². The SMILES string of the molecule is COc1ccc(N2Cc3ccc(C(C)N4Cc5cnc(C(=N)N)cc5C4=O)cc3C2=O)cc1OC1CCCC1. The molecule has 0 radical (unpaired) electrons. The number of nitrogens with zero attached hydrogens (tertiary/aromatic N) is 3. The standard InChI is InChI=1S/C30H31N5O4/c1-17(34-16-20-14-33-25(28(31)32)13-24(20)29(34)36)18-7-8-19-15-35(30(37)23(19)11-18)21-9-10-26(38-2)27(12-21)39-22-5-3-4-6-22/h7-14,17,22H,3-6,15-16H2,1-2H3,(H3,31,32). The summed E-state index contributed by atoms with van der Waals surface area (Å²) in [4.78, 5) is 34.5. The number of nitrogens with two attached hydrogens (primary N) is 1. The summed E-state index contributed by atoms with van der Waals surface area (Å²) in [7, 11) is 1.62. The Kier molecular flexibility index (Phi) is 6.21. The van der Waals surface area contributed by atoms with Crippen molar-refractivity contribution in [3.05, 3.63) is 82.2 Å². The van der Waals surface area contributed by atoms with Crippen LogP contribution in [0, 0.1) is 5.41 Å². The smallest absolute Gasteiger partial charge is 0.258 e. The summed E-state index contributed by atoms with van der Waals surface area (Å²) in [6, 6.07) is 12.8. The molecule has 6 rings (SSSR count). The molecule has 200 valence electrons. The average Bonchev–Trinajstić information content (AvgIpc) is 3.66. The molecule has 1 fully saturated rings. The number of amidine groups is 1. The predicted molar refractivity (Wildman–Crippen MR) is 146 cm³/mol. The largest absolute Gasteiger partial charge is 0.493 e. The van der Waals surface area contributed by atoms with Crippen LogP contribution in [0.2, 0.25) is 0 Å². The lowest BCUT2D eigenvalue weighted by molar-refractivity contribution is 0.0716. The highest BCUT2D eigenvalue weighted by atomic mass is 16.5. The van der Waals surface area contributed by atoms with Crippen LogP contribution in [0.25, 0.3) is 0 Å². The number of aromatic nitrogens is 1. The van der Waals surface area contributed by atoms with E-state index in [0.29, 0.717) is 35.7 Å². The van der Waals surface area contributed by atoms with E-state index in [0.717, 1.165) is 35.2 Å². The second-order valence-corrected chi connectivity index (χ2v) is 10.4. The van der Waals surface area contributed by atoms with E-state index in [9.17, 15) is 9.59 Å². The zero-order chi connectivity index (χ0) is 27.3. The summed E-state index contributed by atoms with van der Waals surface area (Å²) in [6.45, 7) is 2.83. The maximum absolute atomic E-state index is 13.6. The van der Waals surface area contributed by atoms with E-state index in [1.807, 2.05) is 43.3 Å². The van der Waals surface area contributed by atoms with Gasteiger partial charge >= 0.3 is 0 Å². The van der Waals surface area contributed by atoms with Crippen molar-refractivity contribution in [1.82, 2.24) is 9.88 Å². The van der Waals surface area contributed by atoms with Gasteiger partial charge in [0.15, 0.2) is 11.5 Å². The second kappa shape index (κ2) is 9.72. The summed E-state index contributed by atoms with van der Waals surface area (Å²) in [5, 5.41) is 7.62. The predicted octanol–water partition coefficient (Wildman–Crippen LogP) is 4.57. The van der Waals surface area contributed by atoms with Crippen LogP contribution in [0.3, 0.4) is 0 Å². The molecule has 0 spiro atoms. The number of hydrogen-bond donors (Lipinski definition) is 2. The molecular formula is C30H31N5O4.